The first-order chi connectivity index (χ1) is 10.8. The Labute approximate surface area is 130 Å². The van der Waals surface area contributed by atoms with Crippen molar-refractivity contribution in [1.29, 1.82) is 0 Å². The number of carbonyl (C=O) groups is 1. The highest BCUT2D eigenvalue weighted by molar-refractivity contribution is 5.93. The highest BCUT2D eigenvalue weighted by Crippen LogP contribution is 2.25. The first-order valence-corrected chi connectivity index (χ1v) is 6.69. The molecular formula is C15H14F3N3O2. The normalized spacial score (nSPS) is 12.7. The zero-order chi connectivity index (χ0) is 17.0. The molecule has 8 heteroatoms. The number of benzene rings is 1. The topological polar surface area (TPSA) is 75.1 Å². The maximum atomic E-state index is 12.3. The monoisotopic (exact) mass is 325 g/mol. The Kier molecular flexibility index (Phi) is 4.95. The third kappa shape index (κ3) is 4.49. The molecule has 1 heterocycles. The molecule has 23 heavy (non-hydrogen) atoms. The number of aryl methyl sites for hydroxylation is 1. The zero-order valence-electron chi connectivity index (χ0n) is 12.1. The van der Waals surface area contributed by atoms with Crippen LogP contribution in [0.4, 0.5) is 13.2 Å². The van der Waals surface area contributed by atoms with Crippen LogP contribution in [0.2, 0.25) is 0 Å². The number of hydrogen-bond acceptors (Lipinski definition) is 4. The second-order valence-electron chi connectivity index (χ2n) is 4.93. The Bertz CT molecular complexity index is 670. The van der Waals surface area contributed by atoms with Crippen molar-refractivity contribution >= 4 is 5.91 Å². The van der Waals surface area contributed by atoms with Crippen LogP contribution in [0.3, 0.4) is 0 Å². The van der Waals surface area contributed by atoms with Crippen molar-refractivity contribution in [2.75, 3.05) is 6.54 Å². The molecule has 5 nitrogen and oxygen atoms in total. The summed E-state index contributed by atoms with van der Waals surface area (Å²) < 4.78 is 37.0. The van der Waals surface area contributed by atoms with Crippen LogP contribution in [0.1, 0.15) is 33.4 Å². The van der Waals surface area contributed by atoms with Crippen molar-refractivity contribution in [1.82, 2.24) is 15.3 Å². The van der Waals surface area contributed by atoms with Crippen molar-refractivity contribution in [3.8, 4) is 0 Å². The summed E-state index contributed by atoms with van der Waals surface area (Å²) in [6.07, 6.45) is -3.99. The second kappa shape index (κ2) is 6.74. The lowest BCUT2D eigenvalue weighted by atomic mass is 10.1. The van der Waals surface area contributed by atoms with E-state index in [1.54, 1.807) is 12.1 Å². The maximum absolute atomic E-state index is 12.3. The fourth-order valence-electron chi connectivity index (χ4n) is 1.79. The van der Waals surface area contributed by atoms with Crippen LogP contribution in [0.5, 0.6) is 0 Å². The van der Waals surface area contributed by atoms with Gasteiger partial charge in [0.1, 0.15) is 0 Å². The van der Waals surface area contributed by atoms with E-state index in [9.17, 15) is 23.1 Å². The minimum atomic E-state index is -4.66. The van der Waals surface area contributed by atoms with Gasteiger partial charge in [0.25, 0.3) is 5.91 Å². The molecule has 122 valence electrons. The van der Waals surface area contributed by atoms with Gasteiger partial charge in [-0.2, -0.15) is 13.2 Å². The Morgan fingerprint density at radius 2 is 1.78 bits per heavy atom. The first-order valence-electron chi connectivity index (χ1n) is 6.69. The average molecular weight is 325 g/mol. The zero-order valence-corrected chi connectivity index (χ0v) is 12.1. The van der Waals surface area contributed by atoms with E-state index in [4.69, 9.17) is 0 Å². The summed E-state index contributed by atoms with van der Waals surface area (Å²) in [5.41, 5.74) is 1.54. The van der Waals surface area contributed by atoms with Gasteiger partial charge in [0.05, 0.1) is 11.7 Å². The largest absolute Gasteiger partial charge is 0.451 e. The van der Waals surface area contributed by atoms with Crippen molar-refractivity contribution < 1.29 is 23.1 Å². The Morgan fingerprint density at radius 1 is 1.22 bits per heavy atom. The van der Waals surface area contributed by atoms with E-state index < -0.39 is 24.0 Å². The molecule has 1 aromatic carbocycles. The molecule has 2 aromatic rings. The molecule has 0 bridgehead atoms. The van der Waals surface area contributed by atoms with Gasteiger partial charge < -0.3 is 10.4 Å². The number of alkyl halides is 3. The quantitative estimate of drug-likeness (QED) is 0.904. The molecule has 0 saturated heterocycles. The van der Waals surface area contributed by atoms with Crippen LogP contribution in [0.25, 0.3) is 0 Å². The summed E-state index contributed by atoms with van der Waals surface area (Å²) in [6, 6.07) is 7.11. The van der Waals surface area contributed by atoms with Crippen LogP contribution in [0.15, 0.2) is 36.7 Å². The van der Waals surface area contributed by atoms with Gasteiger partial charge in [-0.05, 0) is 12.5 Å². The lowest BCUT2D eigenvalue weighted by Crippen LogP contribution is -2.28. The lowest BCUT2D eigenvalue weighted by Gasteiger charge is -2.12. The summed E-state index contributed by atoms with van der Waals surface area (Å²) in [5, 5.41) is 12.4. The predicted octanol–water partition coefficient (Wildman–Crippen LogP) is 2.27. The summed E-state index contributed by atoms with van der Waals surface area (Å²) in [5.74, 6) is -1.97. The van der Waals surface area contributed by atoms with E-state index >= 15 is 0 Å². The van der Waals surface area contributed by atoms with Gasteiger partial charge in [0.15, 0.2) is 0 Å². The molecule has 0 aliphatic carbocycles. The Morgan fingerprint density at radius 3 is 2.30 bits per heavy atom. The first kappa shape index (κ1) is 16.9. The summed E-state index contributed by atoms with van der Waals surface area (Å²) in [6.45, 7) is 1.82. The fourth-order valence-corrected chi connectivity index (χ4v) is 1.79. The molecule has 1 atom stereocenters. The SMILES string of the molecule is Cc1ccc([C@H](O)CNC(=O)c2cnc(C(F)(F)F)nc2)cc1. The molecule has 0 radical (unpaired) electrons. The second-order valence-corrected chi connectivity index (χ2v) is 4.93. The summed E-state index contributed by atoms with van der Waals surface area (Å²) >= 11 is 0. The molecule has 0 unspecified atom stereocenters. The predicted molar refractivity (Wildman–Crippen MR) is 75.5 cm³/mol. The number of halogens is 3. The number of nitrogens with zero attached hydrogens (tertiary/aromatic N) is 2. The van der Waals surface area contributed by atoms with Crippen molar-refractivity contribution in [3.63, 3.8) is 0 Å². The third-order valence-electron chi connectivity index (χ3n) is 3.09. The molecule has 0 aliphatic rings. The minimum Gasteiger partial charge on any atom is -0.387 e. The number of amides is 1. The van der Waals surface area contributed by atoms with E-state index in [0.29, 0.717) is 5.56 Å². The van der Waals surface area contributed by atoms with Crippen molar-refractivity contribution in [2.24, 2.45) is 0 Å². The summed E-state index contributed by atoms with van der Waals surface area (Å²) in [4.78, 5) is 18.0. The number of nitrogens with one attached hydrogen (secondary N) is 1. The van der Waals surface area contributed by atoms with Gasteiger partial charge >= 0.3 is 6.18 Å². The fraction of sp³-hybridized carbons (Fsp3) is 0.267. The highest BCUT2D eigenvalue weighted by Gasteiger charge is 2.34. The molecule has 2 rings (SSSR count). The Balaban J connectivity index is 1.95. The van der Waals surface area contributed by atoms with Crippen LogP contribution in [-0.2, 0) is 6.18 Å². The maximum Gasteiger partial charge on any atom is 0.451 e. The molecule has 0 aliphatic heterocycles. The molecule has 0 fully saturated rings. The number of hydrogen-bond donors (Lipinski definition) is 2. The van der Waals surface area contributed by atoms with E-state index in [1.165, 1.54) is 0 Å². The number of rotatable bonds is 4. The number of carbonyl (C=O) groups excluding carboxylic acids is 1. The number of aliphatic hydroxyl groups is 1. The van der Waals surface area contributed by atoms with Gasteiger partial charge in [0.2, 0.25) is 5.82 Å². The van der Waals surface area contributed by atoms with E-state index in [2.05, 4.69) is 15.3 Å². The van der Waals surface area contributed by atoms with Gasteiger partial charge in [-0.1, -0.05) is 29.8 Å². The van der Waals surface area contributed by atoms with Gasteiger partial charge in [-0.15, -0.1) is 0 Å². The third-order valence-corrected chi connectivity index (χ3v) is 3.09. The number of aromatic nitrogens is 2. The average Bonchev–Trinajstić information content (AvgIpc) is 2.52. The molecule has 1 aromatic heterocycles. The van der Waals surface area contributed by atoms with Gasteiger partial charge in [-0.25, -0.2) is 9.97 Å². The van der Waals surface area contributed by atoms with Gasteiger partial charge in [-0.3, -0.25) is 4.79 Å². The van der Waals surface area contributed by atoms with E-state index in [0.717, 1.165) is 18.0 Å². The molecular weight excluding hydrogens is 311 g/mol. The van der Waals surface area contributed by atoms with Gasteiger partial charge in [0, 0.05) is 18.9 Å². The van der Waals surface area contributed by atoms with Crippen LogP contribution >= 0.6 is 0 Å². The Hall–Kier alpha value is -2.48. The molecule has 1 amide bonds. The highest BCUT2D eigenvalue weighted by atomic mass is 19.4. The van der Waals surface area contributed by atoms with Crippen LogP contribution in [-0.4, -0.2) is 27.5 Å². The van der Waals surface area contributed by atoms with Crippen molar-refractivity contribution in [2.45, 2.75) is 19.2 Å². The molecule has 0 spiro atoms. The standard InChI is InChI=1S/C15H14F3N3O2/c1-9-2-4-10(5-3-9)12(22)8-19-13(23)11-6-20-14(21-7-11)15(16,17)18/h2-7,12,22H,8H2,1H3,(H,19,23)/t12-/m1/s1. The number of aliphatic hydroxyl groups excluding tert-OH is 1. The smallest absolute Gasteiger partial charge is 0.387 e. The van der Waals surface area contributed by atoms with Crippen LogP contribution < -0.4 is 5.32 Å². The molecule has 2 N–H and O–H groups in total. The minimum absolute atomic E-state index is 0.0804. The van der Waals surface area contributed by atoms with E-state index in [-0.39, 0.29) is 12.1 Å². The van der Waals surface area contributed by atoms with E-state index in [1.807, 2.05) is 19.1 Å². The van der Waals surface area contributed by atoms with Crippen molar-refractivity contribution in [3.05, 3.63) is 59.2 Å². The van der Waals surface area contributed by atoms with Crippen LogP contribution in [0, 0.1) is 6.92 Å². The molecule has 0 saturated carbocycles. The lowest BCUT2D eigenvalue weighted by molar-refractivity contribution is -0.145. The summed E-state index contributed by atoms with van der Waals surface area (Å²) in [7, 11) is 0.